The number of para-hydroxylation sites is 1. The van der Waals surface area contributed by atoms with Crippen molar-refractivity contribution < 1.29 is 38.1 Å². The Kier molecular flexibility index (Phi) is 8.40. The minimum Gasteiger partial charge on any atom is -0.466 e. The SMILES string of the molecule is COC(=O)C1=C(C(=O)OC)[C@@H](/C=C/c2ccccc2)N(c2ccccc2)C(C(=O)OC)=C1C(=O)OC. The second kappa shape index (κ2) is 11.7. The first-order valence-corrected chi connectivity index (χ1v) is 10.8. The van der Waals surface area contributed by atoms with Gasteiger partial charge in [-0.25, -0.2) is 19.2 Å². The van der Waals surface area contributed by atoms with E-state index in [1.807, 2.05) is 30.3 Å². The zero-order valence-corrected chi connectivity index (χ0v) is 20.2. The monoisotopic (exact) mass is 491 g/mol. The third-order valence-electron chi connectivity index (χ3n) is 5.44. The number of hydrogen-bond donors (Lipinski definition) is 0. The van der Waals surface area contributed by atoms with E-state index >= 15 is 0 Å². The molecule has 9 nitrogen and oxygen atoms in total. The van der Waals surface area contributed by atoms with Crippen molar-refractivity contribution >= 4 is 35.6 Å². The predicted molar refractivity (Wildman–Crippen MR) is 130 cm³/mol. The van der Waals surface area contributed by atoms with Crippen LogP contribution in [0.3, 0.4) is 0 Å². The Morgan fingerprint density at radius 1 is 0.667 bits per heavy atom. The van der Waals surface area contributed by atoms with Gasteiger partial charge in [0.1, 0.15) is 11.3 Å². The van der Waals surface area contributed by atoms with Gasteiger partial charge in [-0.1, -0.05) is 60.7 Å². The summed E-state index contributed by atoms with van der Waals surface area (Å²) >= 11 is 0. The van der Waals surface area contributed by atoms with Crippen LogP contribution >= 0.6 is 0 Å². The van der Waals surface area contributed by atoms with Crippen LogP contribution in [0.25, 0.3) is 6.08 Å². The molecule has 1 atom stereocenters. The molecule has 0 fully saturated rings. The van der Waals surface area contributed by atoms with Crippen LogP contribution in [-0.2, 0) is 38.1 Å². The van der Waals surface area contributed by atoms with Crippen LogP contribution in [-0.4, -0.2) is 58.4 Å². The topological polar surface area (TPSA) is 108 Å². The summed E-state index contributed by atoms with van der Waals surface area (Å²) in [7, 11) is 4.46. The molecular weight excluding hydrogens is 466 g/mol. The van der Waals surface area contributed by atoms with Crippen molar-refractivity contribution in [1.82, 2.24) is 0 Å². The molecule has 0 aromatic heterocycles. The van der Waals surface area contributed by atoms with Crippen molar-refractivity contribution in [3.8, 4) is 0 Å². The predicted octanol–water partition coefficient (Wildman–Crippen LogP) is 2.83. The molecule has 0 saturated carbocycles. The highest BCUT2D eigenvalue weighted by atomic mass is 16.5. The summed E-state index contributed by atoms with van der Waals surface area (Å²) in [6, 6.07) is 16.7. The summed E-state index contributed by atoms with van der Waals surface area (Å²) in [5.41, 5.74) is -0.222. The van der Waals surface area contributed by atoms with E-state index in [-0.39, 0.29) is 11.3 Å². The summed E-state index contributed by atoms with van der Waals surface area (Å²) < 4.78 is 19.8. The number of ether oxygens (including phenoxy) is 4. The fourth-order valence-corrected chi connectivity index (χ4v) is 3.86. The van der Waals surface area contributed by atoms with Crippen LogP contribution in [0.2, 0.25) is 0 Å². The molecule has 2 aromatic rings. The van der Waals surface area contributed by atoms with Gasteiger partial charge in [0.2, 0.25) is 0 Å². The minimum absolute atomic E-state index is 0.214. The van der Waals surface area contributed by atoms with E-state index < -0.39 is 41.1 Å². The van der Waals surface area contributed by atoms with Gasteiger partial charge in [0.15, 0.2) is 0 Å². The number of benzene rings is 2. The van der Waals surface area contributed by atoms with Gasteiger partial charge in [0, 0.05) is 5.69 Å². The van der Waals surface area contributed by atoms with Crippen LogP contribution < -0.4 is 4.90 Å². The molecule has 2 aromatic carbocycles. The third-order valence-corrected chi connectivity index (χ3v) is 5.44. The largest absolute Gasteiger partial charge is 0.466 e. The molecule has 1 aliphatic heterocycles. The van der Waals surface area contributed by atoms with E-state index in [2.05, 4.69) is 0 Å². The lowest BCUT2D eigenvalue weighted by atomic mass is 9.86. The number of esters is 4. The number of anilines is 1. The number of nitrogens with zero attached hydrogens (tertiary/aromatic N) is 1. The molecule has 0 spiro atoms. The van der Waals surface area contributed by atoms with Crippen molar-refractivity contribution in [3.05, 3.63) is 94.7 Å². The third kappa shape index (κ3) is 5.05. The molecule has 0 aliphatic carbocycles. The fraction of sp³-hybridized carbons (Fsp3) is 0.185. The summed E-state index contributed by atoms with van der Waals surface area (Å²) in [6.07, 6.45) is 3.34. The average Bonchev–Trinajstić information content (AvgIpc) is 2.94. The van der Waals surface area contributed by atoms with Crippen LogP contribution in [0.1, 0.15) is 5.56 Å². The summed E-state index contributed by atoms with van der Waals surface area (Å²) in [5, 5.41) is 0. The molecule has 0 saturated heterocycles. The lowest BCUT2D eigenvalue weighted by molar-refractivity contribution is -0.142. The standard InChI is InChI=1S/C27H25NO8/c1-33-24(29)20-19(16-15-17-11-7-5-8-12-17)28(18-13-9-6-10-14-18)23(27(32)36-4)22(26(31)35-3)21(20)25(30)34-2/h5-16,19H,1-4H3/b16-15+/t19-/m1/s1. The van der Waals surface area contributed by atoms with Gasteiger partial charge in [0.25, 0.3) is 0 Å². The number of hydrogen-bond acceptors (Lipinski definition) is 9. The van der Waals surface area contributed by atoms with Crippen LogP contribution in [0.5, 0.6) is 0 Å². The van der Waals surface area contributed by atoms with Crippen molar-refractivity contribution in [2.45, 2.75) is 6.04 Å². The Hall–Kier alpha value is -4.66. The number of methoxy groups -OCH3 is 4. The zero-order valence-electron chi connectivity index (χ0n) is 20.2. The van der Waals surface area contributed by atoms with Crippen LogP contribution in [0.4, 0.5) is 5.69 Å². The van der Waals surface area contributed by atoms with Gasteiger partial charge in [-0.2, -0.15) is 0 Å². The van der Waals surface area contributed by atoms with Crippen molar-refractivity contribution in [3.63, 3.8) is 0 Å². The quantitative estimate of drug-likeness (QED) is 0.427. The first kappa shape index (κ1) is 26.0. The van der Waals surface area contributed by atoms with Gasteiger partial charge >= 0.3 is 23.9 Å². The molecular formula is C27H25NO8. The van der Waals surface area contributed by atoms with Gasteiger partial charge in [-0.15, -0.1) is 0 Å². The molecule has 1 heterocycles. The molecule has 0 unspecified atom stereocenters. The van der Waals surface area contributed by atoms with Crippen molar-refractivity contribution in [2.75, 3.05) is 33.3 Å². The average molecular weight is 491 g/mol. The smallest absolute Gasteiger partial charge is 0.355 e. The van der Waals surface area contributed by atoms with Crippen molar-refractivity contribution in [1.29, 1.82) is 0 Å². The van der Waals surface area contributed by atoms with E-state index in [1.54, 1.807) is 42.5 Å². The maximum Gasteiger partial charge on any atom is 0.355 e. The lowest BCUT2D eigenvalue weighted by Crippen LogP contribution is -2.46. The molecule has 36 heavy (non-hydrogen) atoms. The molecule has 0 radical (unpaired) electrons. The van der Waals surface area contributed by atoms with E-state index in [1.165, 1.54) is 4.90 Å². The Balaban J connectivity index is 2.48. The van der Waals surface area contributed by atoms with E-state index in [4.69, 9.17) is 18.9 Å². The van der Waals surface area contributed by atoms with Crippen molar-refractivity contribution in [2.24, 2.45) is 0 Å². The Morgan fingerprint density at radius 3 is 1.69 bits per heavy atom. The summed E-state index contributed by atoms with van der Waals surface area (Å²) in [5.74, 6) is -3.89. The van der Waals surface area contributed by atoms with E-state index in [0.717, 1.165) is 34.0 Å². The molecule has 0 amide bonds. The molecule has 186 valence electrons. The van der Waals surface area contributed by atoms with Crippen LogP contribution in [0.15, 0.2) is 89.2 Å². The molecule has 0 bridgehead atoms. The normalized spacial score (nSPS) is 15.6. The number of carbonyl (C=O) groups is 4. The number of rotatable bonds is 7. The van der Waals surface area contributed by atoms with E-state index in [9.17, 15) is 19.2 Å². The maximum absolute atomic E-state index is 13.2. The molecule has 1 aliphatic rings. The Morgan fingerprint density at radius 2 is 1.17 bits per heavy atom. The van der Waals surface area contributed by atoms with E-state index in [0.29, 0.717) is 5.69 Å². The van der Waals surface area contributed by atoms with Gasteiger partial charge in [-0.3, -0.25) is 0 Å². The highest BCUT2D eigenvalue weighted by Crippen LogP contribution is 2.39. The van der Waals surface area contributed by atoms with Gasteiger partial charge < -0.3 is 23.8 Å². The summed E-state index contributed by atoms with van der Waals surface area (Å²) in [4.78, 5) is 53.8. The first-order valence-electron chi connectivity index (χ1n) is 10.8. The highest BCUT2D eigenvalue weighted by molar-refractivity contribution is 6.18. The maximum atomic E-state index is 13.2. The molecule has 9 heteroatoms. The second-order valence-corrected chi connectivity index (χ2v) is 7.40. The summed E-state index contributed by atoms with van der Waals surface area (Å²) in [6.45, 7) is 0. The first-order chi connectivity index (χ1) is 17.4. The van der Waals surface area contributed by atoms with Crippen LogP contribution in [0, 0.1) is 0 Å². The second-order valence-electron chi connectivity index (χ2n) is 7.40. The molecule has 3 rings (SSSR count). The lowest BCUT2D eigenvalue weighted by Gasteiger charge is -2.38. The van der Waals surface area contributed by atoms with Gasteiger partial charge in [-0.05, 0) is 17.7 Å². The fourth-order valence-electron chi connectivity index (χ4n) is 3.86. The highest BCUT2D eigenvalue weighted by Gasteiger charge is 2.46. The molecule has 0 N–H and O–H groups in total. The number of carbonyl (C=O) groups excluding carboxylic acids is 4. The Bertz CT molecular complexity index is 1250. The van der Waals surface area contributed by atoms with Gasteiger partial charge in [0.05, 0.1) is 45.6 Å². The minimum atomic E-state index is -1.07. The Labute approximate surface area is 208 Å². The zero-order chi connectivity index (χ0) is 26.2.